The van der Waals surface area contributed by atoms with Crippen LogP contribution in [0.2, 0.25) is 0 Å². The van der Waals surface area contributed by atoms with Crippen molar-refractivity contribution in [1.82, 2.24) is 9.38 Å². The summed E-state index contributed by atoms with van der Waals surface area (Å²) >= 11 is 0. The Morgan fingerprint density at radius 2 is 1.79 bits per heavy atom. The van der Waals surface area contributed by atoms with E-state index < -0.39 is 16.2 Å². The largest absolute Gasteiger partial charge is 0.461 e. The number of aromatic nitrogens is 2. The number of carbonyl (C=O) groups excluding carboxylic acids is 1. The van der Waals surface area contributed by atoms with Gasteiger partial charge in [-0.1, -0.05) is 38.6 Å². The summed E-state index contributed by atoms with van der Waals surface area (Å²) in [5.41, 5.74) is 7.10. The van der Waals surface area contributed by atoms with Crippen molar-refractivity contribution in [3.05, 3.63) is 89.2 Å². The number of ether oxygens (including phenoxy) is 2. The molecule has 0 spiro atoms. The molecule has 1 atom stereocenters. The first-order valence-electron chi connectivity index (χ1n) is 13.7. The highest BCUT2D eigenvalue weighted by Gasteiger charge is 2.10. The Morgan fingerprint density at radius 3 is 2.40 bits per heavy atom. The van der Waals surface area contributed by atoms with Crippen LogP contribution in [0.15, 0.2) is 67.0 Å². The number of Topliss-reactive ketones (excluding diaryl/α,β-unsaturated/α-hetero) is 1. The van der Waals surface area contributed by atoms with Gasteiger partial charge in [0.05, 0.1) is 24.3 Å². The predicted octanol–water partition coefficient (Wildman–Crippen LogP) is 7.47. The number of hydrogen-bond acceptors (Lipinski definition) is 6. The molecule has 0 aliphatic rings. The van der Waals surface area contributed by atoms with Gasteiger partial charge in [-0.05, 0) is 73.7 Å². The van der Waals surface area contributed by atoms with Gasteiger partial charge in [-0.15, -0.1) is 0 Å². The van der Waals surface area contributed by atoms with Crippen molar-refractivity contribution >= 4 is 21.3 Å². The number of benzene rings is 2. The molecular formula is C33H45FN2O5S. The average molecular weight is 601 g/mol. The standard InChI is InChI=1S/C16H15FN2O.C16H24O4S.CH4.H2/c1-11-4-3-9-19-15(10-18-16(11)19)13-5-7-14(8-6-13)20-12(2)17;1-4-14-7-8-15(13(2)12-14)16(17)6-5-9-20-10-11-21(3,18)19;;/h3-10,12H,1-2H3;7-8,12H,4-6,9-11H2,1-3H3;1H4;1H. The van der Waals surface area contributed by atoms with E-state index in [0.717, 1.165) is 40.0 Å². The first-order valence-corrected chi connectivity index (χ1v) is 15.8. The zero-order valence-electron chi connectivity index (χ0n) is 24.4. The highest BCUT2D eigenvalue weighted by molar-refractivity contribution is 7.90. The summed E-state index contributed by atoms with van der Waals surface area (Å²) < 4.78 is 46.9. The van der Waals surface area contributed by atoms with Crippen molar-refractivity contribution in [3.63, 3.8) is 0 Å². The number of imidazole rings is 1. The Balaban J connectivity index is 0.000000411. The normalized spacial score (nSPS) is 11.8. The van der Waals surface area contributed by atoms with Crippen LogP contribution in [0.4, 0.5) is 4.39 Å². The van der Waals surface area contributed by atoms with Crippen LogP contribution in [0.3, 0.4) is 0 Å². The number of nitrogens with zero attached hydrogens (tertiary/aromatic N) is 2. The van der Waals surface area contributed by atoms with Gasteiger partial charge in [-0.25, -0.2) is 17.8 Å². The molecule has 0 aliphatic carbocycles. The van der Waals surface area contributed by atoms with Crippen LogP contribution in [-0.4, -0.2) is 55.2 Å². The summed E-state index contributed by atoms with van der Waals surface area (Å²) in [6.07, 6.45) is 5.70. The topological polar surface area (TPSA) is 87.0 Å². The number of fused-ring (bicyclic) bond motifs is 1. The number of rotatable bonds is 12. The molecule has 2 heterocycles. The molecule has 0 aliphatic heterocycles. The number of pyridine rings is 1. The van der Waals surface area contributed by atoms with E-state index in [1.165, 1.54) is 18.7 Å². The third-order valence-electron chi connectivity index (χ3n) is 6.47. The van der Waals surface area contributed by atoms with Crippen LogP contribution >= 0.6 is 0 Å². The van der Waals surface area contributed by atoms with E-state index in [4.69, 9.17) is 9.47 Å². The van der Waals surface area contributed by atoms with Crippen LogP contribution in [0.5, 0.6) is 5.75 Å². The highest BCUT2D eigenvalue weighted by atomic mass is 32.2. The number of aryl methyl sites for hydroxylation is 3. The Bertz CT molecular complexity index is 1550. The zero-order chi connectivity index (χ0) is 30.0. The molecular weight excluding hydrogens is 555 g/mol. The van der Waals surface area contributed by atoms with Crippen molar-refractivity contribution in [1.29, 1.82) is 0 Å². The summed E-state index contributed by atoms with van der Waals surface area (Å²) in [6, 6.07) is 17.3. The minimum atomic E-state index is -2.97. The molecule has 42 heavy (non-hydrogen) atoms. The van der Waals surface area contributed by atoms with E-state index in [2.05, 4.69) is 18.0 Å². The van der Waals surface area contributed by atoms with Gasteiger partial charge in [0.15, 0.2) is 5.78 Å². The van der Waals surface area contributed by atoms with Gasteiger partial charge in [-0.2, -0.15) is 0 Å². The second kappa shape index (κ2) is 16.2. The molecule has 0 radical (unpaired) electrons. The second-order valence-corrected chi connectivity index (χ2v) is 12.2. The molecule has 230 valence electrons. The maximum atomic E-state index is 12.8. The molecule has 4 rings (SSSR count). The molecule has 0 bridgehead atoms. The molecule has 7 nitrogen and oxygen atoms in total. The predicted molar refractivity (Wildman–Crippen MR) is 170 cm³/mol. The van der Waals surface area contributed by atoms with Gasteiger partial charge >= 0.3 is 0 Å². The Hall–Kier alpha value is -3.56. The van der Waals surface area contributed by atoms with Gasteiger partial charge in [0, 0.05) is 45.0 Å². The van der Waals surface area contributed by atoms with E-state index in [1.807, 2.05) is 67.0 Å². The van der Waals surface area contributed by atoms with E-state index in [0.29, 0.717) is 25.2 Å². The number of alkyl halides is 1. The van der Waals surface area contributed by atoms with E-state index in [1.54, 1.807) is 12.1 Å². The van der Waals surface area contributed by atoms with Crippen molar-refractivity contribution in [2.24, 2.45) is 0 Å². The Labute approximate surface area is 251 Å². The fourth-order valence-electron chi connectivity index (χ4n) is 4.30. The van der Waals surface area contributed by atoms with Crippen molar-refractivity contribution in [2.45, 2.75) is 60.7 Å². The van der Waals surface area contributed by atoms with Crippen molar-refractivity contribution in [2.75, 3.05) is 25.2 Å². The number of halogens is 1. The number of hydrogen-bond donors (Lipinski definition) is 0. The molecule has 0 fully saturated rings. The van der Waals surface area contributed by atoms with Crippen molar-refractivity contribution < 1.29 is 28.5 Å². The molecule has 2 aromatic heterocycles. The SMILES string of the molecule is C.CCc1ccc(C(=O)CCCOCCS(C)(=O)=O)c(C)c1.Cc1cccn2c(-c3ccc(OC(C)F)cc3)cnc12.[HH]. The van der Waals surface area contributed by atoms with Gasteiger partial charge in [0.1, 0.15) is 21.2 Å². The second-order valence-electron chi connectivity index (χ2n) is 9.99. The maximum Gasteiger partial charge on any atom is 0.235 e. The Morgan fingerprint density at radius 1 is 1.07 bits per heavy atom. The zero-order valence-corrected chi connectivity index (χ0v) is 25.2. The number of carbonyl (C=O) groups is 1. The molecule has 1 unspecified atom stereocenters. The monoisotopic (exact) mass is 600 g/mol. The summed E-state index contributed by atoms with van der Waals surface area (Å²) in [4.78, 5) is 16.5. The summed E-state index contributed by atoms with van der Waals surface area (Å²) in [5.74, 6) is 0.661. The van der Waals surface area contributed by atoms with Crippen LogP contribution in [0.25, 0.3) is 16.9 Å². The first kappa shape index (κ1) is 34.6. The fourth-order valence-corrected chi connectivity index (χ4v) is 4.72. The lowest BCUT2D eigenvalue weighted by Crippen LogP contribution is -2.11. The Kier molecular flexibility index (Phi) is 13.3. The van der Waals surface area contributed by atoms with Gasteiger partial charge in [-0.3, -0.25) is 9.20 Å². The third-order valence-corrected chi connectivity index (χ3v) is 7.38. The number of ketones is 1. The number of sulfone groups is 1. The van der Waals surface area contributed by atoms with Gasteiger partial charge < -0.3 is 9.47 Å². The van der Waals surface area contributed by atoms with Crippen LogP contribution in [0.1, 0.15) is 62.6 Å². The lowest BCUT2D eigenvalue weighted by atomic mass is 9.98. The first-order chi connectivity index (χ1) is 19.5. The third kappa shape index (κ3) is 10.4. The molecule has 0 saturated heterocycles. The summed E-state index contributed by atoms with van der Waals surface area (Å²) in [7, 11) is -2.97. The van der Waals surface area contributed by atoms with Crippen molar-refractivity contribution in [3.8, 4) is 17.0 Å². The molecule has 9 heteroatoms. The lowest BCUT2D eigenvalue weighted by molar-refractivity contribution is 0.0860. The summed E-state index contributed by atoms with van der Waals surface area (Å²) in [5, 5.41) is 0. The van der Waals surface area contributed by atoms with Crippen LogP contribution in [-0.2, 0) is 21.0 Å². The van der Waals surface area contributed by atoms with E-state index >= 15 is 0 Å². The molecule has 2 aromatic carbocycles. The molecule has 0 amide bonds. The van der Waals surface area contributed by atoms with Gasteiger partial charge in [0.25, 0.3) is 0 Å². The van der Waals surface area contributed by atoms with Gasteiger partial charge in [0.2, 0.25) is 6.36 Å². The van der Waals surface area contributed by atoms with E-state index in [9.17, 15) is 17.6 Å². The molecule has 4 aromatic rings. The minimum Gasteiger partial charge on any atom is -0.461 e. The van der Waals surface area contributed by atoms with Crippen LogP contribution < -0.4 is 4.74 Å². The fraction of sp³-hybridized carbons (Fsp3) is 0.394. The van der Waals surface area contributed by atoms with E-state index in [-0.39, 0.29) is 27.0 Å². The minimum absolute atomic E-state index is 0. The lowest BCUT2D eigenvalue weighted by Gasteiger charge is -2.08. The highest BCUT2D eigenvalue weighted by Crippen LogP contribution is 2.25. The molecule has 0 saturated carbocycles. The maximum absolute atomic E-state index is 12.8. The average Bonchev–Trinajstić information content (AvgIpc) is 3.36. The summed E-state index contributed by atoms with van der Waals surface area (Å²) in [6.45, 7) is 8.04. The van der Waals surface area contributed by atoms with Crippen LogP contribution in [0, 0.1) is 13.8 Å². The quantitative estimate of drug-likeness (QED) is 0.124. The smallest absolute Gasteiger partial charge is 0.235 e. The molecule has 0 N–H and O–H groups in total.